The number of carbonyl (C=O) groups excluding carboxylic acids is 1. The molecule has 2 rings (SSSR count). The van der Waals surface area contributed by atoms with Crippen molar-refractivity contribution in [1.82, 2.24) is 15.0 Å². The lowest BCUT2D eigenvalue weighted by Gasteiger charge is -2.16. The Bertz CT molecular complexity index is 675. The van der Waals surface area contributed by atoms with Gasteiger partial charge in [-0.2, -0.15) is 4.98 Å². The summed E-state index contributed by atoms with van der Waals surface area (Å²) in [5.74, 6) is -0.993. The second-order valence-electron chi connectivity index (χ2n) is 4.40. The maximum atomic E-state index is 13.3. The van der Waals surface area contributed by atoms with Crippen LogP contribution in [0.3, 0.4) is 0 Å². The van der Waals surface area contributed by atoms with Crippen LogP contribution in [0.25, 0.3) is 0 Å². The van der Waals surface area contributed by atoms with Gasteiger partial charge in [-0.3, -0.25) is 4.79 Å². The molecule has 1 aromatic carbocycles. The first-order valence-corrected chi connectivity index (χ1v) is 6.55. The Hall–Kier alpha value is -2.15. The molecule has 0 unspecified atom stereocenters. The summed E-state index contributed by atoms with van der Waals surface area (Å²) < 4.78 is 18.3. The normalized spacial score (nSPS) is 10.7. The van der Waals surface area contributed by atoms with Crippen LogP contribution in [-0.2, 0) is 13.0 Å². The SMILES string of the molecule is CCc1noc(CN(C)C(=O)c2cc(F)cc(Cl)c2O)n1. The van der Waals surface area contributed by atoms with E-state index in [2.05, 4.69) is 10.1 Å². The minimum atomic E-state index is -0.708. The number of benzene rings is 1. The van der Waals surface area contributed by atoms with Crippen LogP contribution in [0, 0.1) is 5.82 Å². The van der Waals surface area contributed by atoms with Crippen LogP contribution < -0.4 is 0 Å². The van der Waals surface area contributed by atoms with Gasteiger partial charge in [-0.05, 0) is 12.1 Å². The number of carbonyl (C=O) groups is 1. The minimum absolute atomic E-state index is 0.0411. The van der Waals surface area contributed by atoms with Gasteiger partial charge in [0.15, 0.2) is 5.82 Å². The van der Waals surface area contributed by atoms with Gasteiger partial charge in [0, 0.05) is 13.5 Å². The van der Waals surface area contributed by atoms with Crippen LogP contribution in [-0.4, -0.2) is 33.1 Å². The highest BCUT2D eigenvalue weighted by Crippen LogP contribution is 2.29. The van der Waals surface area contributed by atoms with Gasteiger partial charge in [-0.1, -0.05) is 23.7 Å². The zero-order valence-electron chi connectivity index (χ0n) is 11.4. The monoisotopic (exact) mass is 313 g/mol. The van der Waals surface area contributed by atoms with E-state index in [4.69, 9.17) is 16.1 Å². The number of phenols is 1. The average Bonchev–Trinajstić information content (AvgIpc) is 2.89. The van der Waals surface area contributed by atoms with E-state index in [1.807, 2.05) is 6.92 Å². The highest BCUT2D eigenvalue weighted by Gasteiger charge is 2.21. The molecule has 0 bridgehead atoms. The van der Waals surface area contributed by atoms with Gasteiger partial charge in [0.2, 0.25) is 5.89 Å². The van der Waals surface area contributed by atoms with Crippen molar-refractivity contribution in [3.8, 4) is 5.75 Å². The fraction of sp³-hybridized carbons (Fsp3) is 0.308. The molecule has 0 atom stereocenters. The van der Waals surface area contributed by atoms with Crippen molar-refractivity contribution in [3.05, 3.63) is 40.3 Å². The lowest BCUT2D eigenvalue weighted by molar-refractivity contribution is 0.0766. The van der Waals surface area contributed by atoms with Gasteiger partial charge in [-0.25, -0.2) is 4.39 Å². The zero-order chi connectivity index (χ0) is 15.6. The smallest absolute Gasteiger partial charge is 0.257 e. The Morgan fingerprint density at radius 1 is 1.52 bits per heavy atom. The van der Waals surface area contributed by atoms with Crippen molar-refractivity contribution in [1.29, 1.82) is 0 Å². The molecule has 0 spiro atoms. The summed E-state index contributed by atoms with van der Waals surface area (Å²) in [4.78, 5) is 17.5. The molecule has 112 valence electrons. The first-order valence-electron chi connectivity index (χ1n) is 6.17. The number of aromatic nitrogens is 2. The van der Waals surface area contributed by atoms with E-state index in [0.29, 0.717) is 12.2 Å². The Morgan fingerprint density at radius 3 is 2.86 bits per heavy atom. The number of amides is 1. The van der Waals surface area contributed by atoms with Crippen molar-refractivity contribution in [3.63, 3.8) is 0 Å². The third-order valence-electron chi connectivity index (χ3n) is 2.80. The molecular formula is C13H13ClFN3O3. The van der Waals surface area contributed by atoms with Gasteiger partial charge in [0.05, 0.1) is 17.1 Å². The predicted octanol–water partition coefficient (Wildman–Crippen LogP) is 2.40. The molecule has 21 heavy (non-hydrogen) atoms. The lowest BCUT2D eigenvalue weighted by atomic mass is 10.1. The summed E-state index contributed by atoms with van der Waals surface area (Å²) in [6.07, 6.45) is 0.613. The number of hydrogen-bond acceptors (Lipinski definition) is 5. The Labute approximate surface area is 125 Å². The molecule has 0 fully saturated rings. The molecule has 0 aliphatic rings. The number of rotatable bonds is 4. The van der Waals surface area contributed by atoms with Crippen molar-refractivity contribution < 1.29 is 18.8 Å². The van der Waals surface area contributed by atoms with E-state index >= 15 is 0 Å². The second-order valence-corrected chi connectivity index (χ2v) is 4.81. The number of hydrogen-bond donors (Lipinski definition) is 1. The van der Waals surface area contributed by atoms with Gasteiger partial charge >= 0.3 is 0 Å². The largest absolute Gasteiger partial charge is 0.506 e. The number of phenolic OH excluding ortho intramolecular Hbond substituents is 1. The summed E-state index contributed by atoms with van der Waals surface area (Å²) in [7, 11) is 1.47. The lowest BCUT2D eigenvalue weighted by Crippen LogP contribution is -2.26. The fourth-order valence-electron chi connectivity index (χ4n) is 1.71. The molecule has 2 aromatic rings. The van der Waals surface area contributed by atoms with Crippen LogP contribution in [0.1, 0.15) is 29.0 Å². The van der Waals surface area contributed by atoms with Crippen LogP contribution in [0.5, 0.6) is 5.75 Å². The van der Waals surface area contributed by atoms with Gasteiger partial charge < -0.3 is 14.5 Å². The average molecular weight is 314 g/mol. The standard InChI is InChI=1S/C13H13ClFN3O3/c1-3-10-16-11(21-17-10)6-18(2)13(20)8-4-7(15)5-9(14)12(8)19/h4-5,19H,3,6H2,1-2H3. The van der Waals surface area contributed by atoms with Crippen molar-refractivity contribution in [2.45, 2.75) is 19.9 Å². The molecule has 0 saturated carbocycles. The van der Waals surface area contributed by atoms with E-state index < -0.39 is 17.5 Å². The molecule has 0 radical (unpaired) electrons. The maximum Gasteiger partial charge on any atom is 0.257 e. The fourth-order valence-corrected chi connectivity index (χ4v) is 1.91. The first kappa shape index (κ1) is 15.2. The van der Waals surface area contributed by atoms with E-state index in [1.165, 1.54) is 11.9 Å². The molecule has 8 heteroatoms. The Morgan fingerprint density at radius 2 is 2.24 bits per heavy atom. The van der Waals surface area contributed by atoms with E-state index in [0.717, 1.165) is 12.1 Å². The van der Waals surface area contributed by atoms with Crippen molar-refractivity contribution in [2.24, 2.45) is 0 Å². The predicted molar refractivity (Wildman–Crippen MR) is 72.5 cm³/mol. The number of nitrogens with zero attached hydrogens (tertiary/aromatic N) is 3. The second kappa shape index (κ2) is 6.09. The molecule has 1 amide bonds. The van der Waals surface area contributed by atoms with Gasteiger partial charge in [0.1, 0.15) is 11.6 Å². The van der Waals surface area contributed by atoms with Crippen LogP contribution in [0.2, 0.25) is 5.02 Å². The summed E-state index contributed by atoms with van der Waals surface area (Å²) >= 11 is 5.65. The molecule has 0 aliphatic heterocycles. The minimum Gasteiger partial charge on any atom is -0.506 e. The summed E-state index contributed by atoms with van der Waals surface area (Å²) in [5, 5.41) is 13.2. The van der Waals surface area contributed by atoms with Gasteiger partial charge in [0.25, 0.3) is 5.91 Å². The van der Waals surface area contributed by atoms with E-state index in [-0.39, 0.29) is 23.0 Å². The number of aromatic hydroxyl groups is 1. The van der Waals surface area contributed by atoms with Crippen molar-refractivity contribution >= 4 is 17.5 Å². The molecule has 1 aromatic heterocycles. The molecule has 0 saturated heterocycles. The Kier molecular flexibility index (Phi) is 4.42. The zero-order valence-corrected chi connectivity index (χ0v) is 12.2. The Balaban J connectivity index is 2.19. The van der Waals surface area contributed by atoms with E-state index in [9.17, 15) is 14.3 Å². The van der Waals surface area contributed by atoms with Gasteiger partial charge in [-0.15, -0.1) is 0 Å². The molecule has 0 aliphatic carbocycles. The first-order chi connectivity index (χ1) is 9.92. The molecule has 6 nitrogen and oxygen atoms in total. The number of halogens is 2. The van der Waals surface area contributed by atoms with Crippen LogP contribution in [0.15, 0.2) is 16.7 Å². The molecule has 1 heterocycles. The summed E-state index contributed by atoms with van der Waals surface area (Å²) in [6, 6.07) is 1.85. The topological polar surface area (TPSA) is 79.5 Å². The third-order valence-corrected chi connectivity index (χ3v) is 3.09. The van der Waals surface area contributed by atoms with Crippen LogP contribution >= 0.6 is 11.6 Å². The summed E-state index contributed by atoms with van der Waals surface area (Å²) in [5.41, 5.74) is -0.224. The quantitative estimate of drug-likeness (QED) is 0.937. The third kappa shape index (κ3) is 3.30. The highest BCUT2D eigenvalue weighted by molar-refractivity contribution is 6.32. The van der Waals surface area contributed by atoms with Crippen molar-refractivity contribution in [2.75, 3.05) is 7.05 Å². The maximum absolute atomic E-state index is 13.3. The number of aryl methyl sites for hydroxylation is 1. The molecule has 1 N–H and O–H groups in total. The molecular weight excluding hydrogens is 301 g/mol. The highest BCUT2D eigenvalue weighted by atomic mass is 35.5. The van der Waals surface area contributed by atoms with Crippen LogP contribution in [0.4, 0.5) is 4.39 Å². The van der Waals surface area contributed by atoms with E-state index in [1.54, 1.807) is 0 Å². The summed E-state index contributed by atoms with van der Waals surface area (Å²) in [6.45, 7) is 1.91.